The Bertz CT molecular complexity index is 851. The van der Waals surface area contributed by atoms with Gasteiger partial charge in [-0.3, -0.25) is 4.79 Å². The van der Waals surface area contributed by atoms with Crippen LogP contribution in [0.5, 0.6) is 0 Å². The highest BCUT2D eigenvalue weighted by Gasteiger charge is 2.09. The first-order valence-electron chi connectivity index (χ1n) is 7.19. The molecule has 2 aromatic carbocycles. The van der Waals surface area contributed by atoms with Crippen LogP contribution in [0.25, 0.3) is 11.4 Å². The summed E-state index contributed by atoms with van der Waals surface area (Å²) in [6, 6.07) is 13.5. The van der Waals surface area contributed by atoms with E-state index >= 15 is 0 Å². The Hall–Kier alpha value is -2.73. The molecule has 0 bridgehead atoms. The fraction of sp³-hybridized carbons (Fsp3) is 0.0556. The molecule has 1 N–H and O–H groups in total. The van der Waals surface area contributed by atoms with Crippen LogP contribution in [0.15, 0.2) is 65.8 Å². The molecule has 0 aliphatic rings. The van der Waals surface area contributed by atoms with Crippen LogP contribution in [-0.2, 0) is 0 Å². The van der Waals surface area contributed by atoms with E-state index in [0.29, 0.717) is 17.0 Å². The van der Waals surface area contributed by atoms with Gasteiger partial charge in [-0.25, -0.2) is 14.4 Å². The highest BCUT2D eigenvalue weighted by Crippen LogP contribution is 2.20. The molecule has 1 heterocycles. The fourth-order valence-electron chi connectivity index (χ4n) is 2.10. The maximum absolute atomic E-state index is 12.9. The van der Waals surface area contributed by atoms with Crippen molar-refractivity contribution in [3.8, 4) is 11.4 Å². The topological polar surface area (TPSA) is 54.9 Å². The normalized spacial score (nSPS) is 10.4. The molecule has 0 atom stereocenters. The molecule has 120 valence electrons. The number of amides is 1. The van der Waals surface area contributed by atoms with E-state index in [1.165, 1.54) is 24.5 Å². The van der Waals surface area contributed by atoms with E-state index in [0.717, 1.165) is 10.6 Å². The number of carbonyl (C=O) groups excluding carboxylic acids is 1. The summed E-state index contributed by atoms with van der Waals surface area (Å²) in [5, 5.41) is 2.82. The Balaban J connectivity index is 1.75. The highest BCUT2D eigenvalue weighted by molar-refractivity contribution is 7.98. The van der Waals surface area contributed by atoms with Gasteiger partial charge in [0.05, 0.1) is 5.56 Å². The van der Waals surface area contributed by atoms with Gasteiger partial charge in [0.15, 0.2) is 5.82 Å². The van der Waals surface area contributed by atoms with E-state index in [4.69, 9.17) is 0 Å². The number of rotatable bonds is 4. The third-order valence-corrected chi connectivity index (χ3v) is 4.07. The number of hydrogen-bond acceptors (Lipinski definition) is 4. The van der Waals surface area contributed by atoms with E-state index in [1.807, 2.05) is 30.5 Å². The largest absolute Gasteiger partial charge is 0.322 e. The van der Waals surface area contributed by atoms with Crippen molar-refractivity contribution < 1.29 is 9.18 Å². The number of nitrogens with one attached hydrogen (secondary N) is 1. The smallest absolute Gasteiger partial charge is 0.258 e. The number of benzene rings is 2. The Labute approximate surface area is 143 Å². The quantitative estimate of drug-likeness (QED) is 0.722. The van der Waals surface area contributed by atoms with E-state index in [2.05, 4.69) is 15.3 Å². The van der Waals surface area contributed by atoms with E-state index in [-0.39, 0.29) is 11.7 Å². The molecule has 0 aliphatic carbocycles. The summed E-state index contributed by atoms with van der Waals surface area (Å²) in [5.74, 6) is -0.155. The molecule has 4 nitrogen and oxygen atoms in total. The molecule has 3 rings (SSSR count). The molecule has 0 saturated carbocycles. The number of aromatic nitrogens is 2. The summed E-state index contributed by atoms with van der Waals surface area (Å²) < 4.78 is 12.9. The monoisotopic (exact) mass is 339 g/mol. The second kappa shape index (κ2) is 7.23. The molecule has 6 heteroatoms. The van der Waals surface area contributed by atoms with E-state index in [9.17, 15) is 9.18 Å². The number of carbonyl (C=O) groups is 1. The SMILES string of the molecule is CSc1cccc(NC(=O)c2cnc(-c3ccc(F)cc3)nc2)c1. The lowest BCUT2D eigenvalue weighted by atomic mass is 10.2. The lowest BCUT2D eigenvalue weighted by Crippen LogP contribution is -2.12. The molecule has 1 aromatic heterocycles. The first-order chi connectivity index (χ1) is 11.7. The second-order valence-electron chi connectivity index (χ2n) is 4.99. The predicted octanol–water partition coefficient (Wildman–Crippen LogP) is 4.26. The summed E-state index contributed by atoms with van der Waals surface area (Å²) in [6.45, 7) is 0. The molecule has 0 fully saturated rings. The molecule has 0 aliphatic heterocycles. The number of anilines is 1. The van der Waals surface area contributed by atoms with Crippen LogP contribution >= 0.6 is 11.8 Å². The van der Waals surface area contributed by atoms with Crippen molar-refractivity contribution in [1.82, 2.24) is 9.97 Å². The molecule has 0 spiro atoms. The number of halogens is 1. The third kappa shape index (κ3) is 3.78. The summed E-state index contributed by atoms with van der Waals surface area (Å²) in [4.78, 5) is 21.7. The van der Waals surface area contributed by atoms with Crippen molar-refractivity contribution in [1.29, 1.82) is 0 Å². The van der Waals surface area contributed by atoms with Crippen molar-refractivity contribution in [2.75, 3.05) is 11.6 Å². The lowest BCUT2D eigenvalue weighted by molar-refractivity contribution is 0.102. The zero-order chi connectivity index (χ0) is 16.9. The Kier molecular flexibility index (Phi) is 4.86. The van der Waals surface area contributed by atoms with Crippen molar-refractivity contribution >= 4 is 23.4 Å². The average molecular weight is 339 g/mol. The van der Waals surface area contributed by atoms with Crippen molar-refractivity contribution in [3.05, 3.63) is 72.3 Å². The Morgan fingerprint density at radius 3 is 2.46 bits per heavy atom. The maximum atomic E-state index is 12.9. The van der Waals surface area contributed by atoms with Gasteiger partial charge in [0.1, 0.15) is 5.82 Å². The van der Waals surface area contributed by atoms with Crippen molar-refractivity contribution in [3.63, 3.8) is 0 Å². The first-order valence-corrected chi connectivity index (χ1v) is 8.41. The molecular weight excluding hydrogens is 325 g/mol. The predicted molar refractivity (Wildman–Crippen MR) is 93.6 cm³/mol. The lowest BCUT2D eigenvalue weighted by Gasteiger charge is -2.07. The number of hydrogen-bond donors (Lipinski definition) is 1. The minimum absolute atomic E-state index is 0.279. The minimum atomic E-state index is -0.317. The van der Waals surface area contributed by atoms with Gasteiger partial charge in [0.25, 0.3) is 5.91 Å². The molecule has 0 saturated heterocycles. The molecule has 3 aromatic rings. The fourth-order valence-corrected chi connectivity index (χ4v) is 2.56. The summed E-state index contributed by atoms with van der Waals surface area (Å²) in [5.41, 5.74) is 1.76. The second-order valence-corrected chi connectivity index (χ2v) is 5.87. The van der Waals surface area contributed by atoms with Crippen LogP contribution in [0.3, 0.4) is 0 Å². The highest BCUT2D eigenvalue weighted by atomic mass is 32.2. The standard InChI is InChI=1S/C18H14FN3OS/c1-24-16-4-2-3-15(9-16)22-18(23)13-10-20-17(21-11-13)12-5-7-14(19)8-6-12/h2-11H,1H3,(H,22,23). The van der Waals surface area contributed by atoms with Crippen molar-refractivity contribution in [2.24, 2.45) is 0 Å². The molecule has 24 heavy (non-hydrogen) atoms. The third-order valence-electron chi connectivity index (χ3n) is 3.34. The summed E-state index contributed by atoms with van der Waals surface area (Å²) in [7, 11) is 0. The van der Waals surface area contributed by atoms with Crippen molar-refractivity contribution in [2.45, 2.75) is 4.90 Å². The van der Waals surface area contributed by atoms with Gasteiger partial charge in [-0.05, 0) is 48.7 Å². The van der Waals surface area contributed by atoms with Crippen LogP contribution in [0.1, 0.15) is 10.4 Å². The zero-order valence-corrected chi connectivity index (χ0v) is 13.7. The van der Waals surface area contributed by atoms with Gasteiger partial charge in [-0.2, -0.15) is 0 Å². The van der Waals surface area contributed by atoms with E-state index < -0.39 is 0 Å². The number of nitrogens with zero attached hydrogens (tertiary/aromatic N) is 2. The average Bonchev–Trinajstić information content (AvgIpc) is 2.62. The van der Waals surface area contributed by atoms with Gasteiger partial charge in [0, 0.05) is 28.5 Å². The molecule has 1 amide bonds. The van der Waals surface area contributed by atoms with Gasteiger partial charge in [0.2, 0.25) is 0 Å². The van der Waals surface area contributed by atoms with Gasteiger partial charge in [-0.1, -0.05) is 6.07 Å². The van der Waals surface area contributed by atoms with Gasteiger partial charge < -0.3 is 5.32 Å². The summed E-state index contributed by atoms with van der Waals surface area (Å²) in [6.07, 6.45) is 4.89. The first kappa shape index (κ1) is 16.1. The zero-order valence-electron chi connectivity index (χ0n) is 12.9. The molecule has 0 unspecified atom stereocenters. The maximum Gasteiger partial charge on any atom is 0.258 e. The van der Waals surface area contributed by atoms with Gasteiger partial charge in [-0.15, -0.1) is 11.8 Å². The molecule has 0 radical (unpaired) electrons. The van der Waals surface area contributed by atoms with Gasteiger partial charge >= 0.3 is 0 Å². The van der Waals surface area contributed by atoms with Crippen LogP contribution in [0, 0.1) is 5.82 Å². The molecular formula is C18H14FN3OS. The Morgan fingerprint density at radius 1 is 1.08 bits per heavy atom. The summed E-state index contributed by atoms with van der Waals surface area (Å²) >= 11 is 1.60. The van der Waals surface area contributed by atoms with Crippen LogP contribution in [0.4, 0.5) is 10.1 Å². The minimum Gasteiger partial charge on any atom is -0.322 e. The number of thioether (sulfide) groups is 1. The van der Waals surface area contributed by atoms with Crippen LogP contribution < -0.4 is 5.32 Å². The van der Waals surface area contributed by atoms with E-state index in [1.54, 1.807) is 23.9 Å². The Morgan fingerprint density at radius 2 is 1.79 bits per heavy atom. The van der Waals surface area contributed by atoms with Crippen LogP contribution in [0.2, 0.25) is 0 Å². The van der Waals surface area contributed by atoms with Crippen LogP contribution in [-0.4, -0.2) is 22.1 Å².